The van der Waals surface area contributed by atoms with E-state index in [1.165, 1.54) is 24.1 Å². The van der Waals surface area contributed by atoms with Gasteiger partial charge in [0.15, 0.2) is 0 Å². The Morgan fingerprint density at radius 1 is 1.19 bits per heavy atom. The van der Waals surface area contributed by atoms with Crippen molar-refractivity contribution in [2.45, 2.75) is 39.3 Å². The van der Waals surface area contributed by atoms with Crippen LogP contribution in [0.25, 0.3) is 0 Å². The van der Waals surface area contributed by atoms with Gasteiger partial charge in [0.05, 0.1) is 0 Å². The van der Waals surface area contributed by atoms with Crippen LogP contribution in [0.4, 0.5) is 5.69 Å². The first-order chi connectivity index (χ1) is 7.85. The largest absolute Gasteiger partial charge is 0.369 e. The fourth-order valence-corrected chi connectivity index (χ4v) is 2.11. The van der Waals surface area contributed by atoms with E-state index < -0.39 is 0 Å². The highest BCUT2D eigenvalue weighted by molar-refractivity contribution is 5.49. The van der Waals surface area contributed by atoms with E-state index in [-0.39, 0.29) is 0 Å². The third-order valence-electron chi connectivity index (χ3n) is 3.18. The second-order valence-electron chi connectivity index (χ2n) is 4.46. The first kappa shape index (κ1) is 11.5. The van der Waals surface area contributed by atoms with Crippen molar-refractivity contribution in [3.63, 3.8) is 0 Å². The third kappa shape index (κ3) is 2.76. The minimum absolute atomic E-state index is 0.810. The quantitative estimate of drug-likeness (QED) is 0.790. The predicted molar refractivity (Wildman–Crippen MR) is 69.9 cm³/mol. The summed E-state index contributed by atoms with van der Waals surface area (Å²) in [5, 5.41) is 3.35. The van der Waals surface area contributed by atoms with Crippen molar-refractivity contribution in [3.05, 3.63) is 29.8 Å². The average molecular weight is 218 g/mol. The highest BCUT2D eigenvalue weighted by Gasteiger charge is 2.27. The van der Waals surface area contributed by atoms with Crippen molar-refractivity contribution in [2.24, 2.45) is 0 Å². The summed E-state index contributed by atoms with van der Waals surface area (Å²) >= 11 is 0. The second kappa shape index (κ2) is 5.35. The van der Waals surface area contributed by atoms with Crippen molar-refractivity contribution < 1.29 is 0 Å². The van der Waals surface area contributed by atoms with Gasteiger partial charge < -0.3 is 10.2 Å². The summed E-state index contributed by atoms with van der Waals surface area (Å²) in [6.45, 7) is 7.51. The van der Waals surface area contributed by atoms with E-state index in [1.807, 2.05) is 0 Å². The van der Waals surface area contributed by atoms with Crippen molar-refractivity contribution in [1.82, 2.24) is 5.32 Å². The Balaban J connectivity index is 1.99. The molecule has 0 unspecified atom stereocenters. The van der Waals surface area contributed by atoms with E-state index in [0.717, 1.165) is 25.7 Å². The van der Waals surface area contributed by atoms with Gasteiger partial charge in [-0.1, -0.05) is 19.1 Å². The molecule has 1 aliphatic rings. The lowest BCUT2D eigenvalue weighted by Crippen LogP contribution is -2.24. The molecule has 1 fully saturated rings. The van der Waals surface area contributed by atoms with Crippen LogP contribution in [0.2, 0.25) is 0 Å². The lowest BCUT2D eigenvalue weighted by Gasteiger charge is -2.22. The molecule has 1 N–H and O–H groups in total. The smallest absolute Gasteiger partial charge is 0.0368 e. The van der Waals surface area contributed by atoms with Gasteiger partial charge in [-0.15, -0.1) is 0 Å². The van der Waals surface area contributed by atoms with Crippen LogP contribution in [-0.2, 0) is 6.54 Å². The molecule has 2 rings (SSSR count). The molecule has 0 spiro atoms. The van der Waals surface area contributed by atoms with Crippen LogP contribution in [0.5, 0.6) is 0 Å². The van der Waals surface area contributed by atoms with E-state index in [9.17, 15) is 0 Å². The number of nitrogens with one attached hydrogen (secondary N) is 1. The summed E-state index contributed by atoms with van der Waals surface area (Å²) in [7, 11) is 0. The molecule has 0 heterocycles. The average Bonchev–Trinajstić information content (AvgIpc) is 3.13. The van der Waals surface area contributed by atoms with Gasteiger partial charge in [0.2, 0.25) is 0 Å². The van der Waals surface area contributed by atoms with Gasteiger partial charge in [0, 0.05) is 24.8 Å². The molecule has 1 saturated carbocycles. The highest BCUT2D eigenvalue weighted by atomic mass is 15.2. The second-order valence-corrected chi connectivity index (χ2v) is 4.46. The topological polar surface area (TPSA) is 15.3 Å². The Bertz CT molecular complexity index is 314. The highest BCUT2D eigenvalue weighted by Crippen LogP contribution is 2.31. The molecule has 0 aliphatic heterocycles. The molecule has 16 heavy (non-hydrogen) atoms. The maximum atomic E-state index is 3.35. The van der Waals surface area contributed by atoms with Crippen LogP contribution < -0.4 is 10.2 Å². The van der Waals surface area contributed by atoms with Crippen molar-refractivity contribution >= 4 is 5.69 Å². The molecular weight excluding hydrogens is 196 g/mol. The van der Waals surface area contributed by atoms with Gasteiger partial charge >= 0.3 is 0 Å². The van der Waals surface area contributed by atoms with Crippen molar-refractivity contribution in [1.29, 1.82) is 0 Å². The maximum Gasteiger partial charge on any atom is 0.0368 e. The number of hydrogen-bond donors (Lipinski definition) is 1. The zero-order valence-electron chi connectivity index (χ0n) is 10.4. The van der Waals surface area contributed by atoms with E-state index in [0.29, 0.717) is 0 Å². The molecule has 2 nitrogen and oxygen atoms in total. The monoisotopic (exact) mass is 218 g/mol. The molecule has 0 radical (unpaired) electrons. The van der Waals surface area contributed by atoms with E-state index in [4.69, 9.17) is 0 Å². The summed E-state index contributed by atoms with van der Waals surface area (Å²) in [6, 6.07) is 9.80. The SMILES string of the molecule is CCNCc1ccc(N(CC)C2CC2)cc1. The molecule has 88 valence electrons. The zero-order chi connectivity index (χ0) is 11.4. The van der Waals surface area contributed by atoms with Gasteiger partial charge in [-0.2, -0.15) is 0 Å². The first-order valence-corrected chi connectivity index (χ1v) is 6.41. The molecule has 1 aliphatic carbocycles. The predicted octanol–water partition coefficient (Wildman–Crippen LogP) is 2.78. The summed E-state index contributed by atoms with van der Waals surface area (Å²) in [5.74, 6) is 0. The van der Waals surface area contributed by atoms with Gasteiger partial charge in [0.25, 0.3) is 0 Å². The number of nitrogens with zero attached hydrogens (tertiary/aromatic N) is 1. The lowest BCUT2D eigenvalue weighted by molar-refractivity contribution is 0.726. The number of hydrogen-bond acceptors (Lipinski definition) is 2. The lowest BCUT2D eigenvalue weighted by atomic mass is 10.2. The molecule has 0 bridgehead atoms. The van der Waals surface area contributed by atoms with E-state index in [1.54, 1.807) is 0 Å². The van der Waals surface area contributed by atoms with Crippen LogP contribution in [0.1, 0.15) is 32.3 Å². The Morgan fingerprint density at radius 2 is 1.88 bits per heavy atom. The van der Waals surface area contributed by atoms with Gasteiger partial charge in [-0.25, -0.2) is 0 Å². The van der Waals surface area contributed by atoms with Crippen LogP contribution >= 0.6 is 0 Å². The number of anilines is 1. The van der Waals surface area contributed by atoms with E-state index in [2.05, 4.69) is 48.3 Å². The summed E-state index contributed by atoms with van der Waals surface area (Å²) in [4.78, 5) is 2.51. The summed E-state index contributed by atoms with van der Waals surface area (Å²) in [6.07, 6.45) is 2.74. The van der Waals surface area contributed by atoms with Crippen LogP contribution in [-0.4, -0.2) is 19.1 Å². The molecule has 0 amide bonds. The Morgan fingerprint density at radius 3 is 2.38 bits per heavy atom. The standard InChI is InChI=1S/C14H22N2/c1-3-15-11-12-5-7-13(8-6-12)16(4-2)14-9-10-14/h5-8,14-15H,3-4,9-11H2,1-2H3. The van der Waals surface area contributed by atoms with Crippen molar-refractivity contribution in [2.75, 3.05) is 18.0 Å². The fraction of sp³-hybridized carbons (Fsp3) is 0.571. The van der Waals surface area contributed by atoms with Crippen LogP contribution in [0.3, 0.4) is 0 Å². The molecule has 0 saturated heterocycles. The molecule has 1 aromatic carbocycles. The normalized spacial score (nSPS) is 15.1. The summed E-state index contributed by atoms with van der Waals surface area (Å²) < 4.78 is 0. The number of benzene rings is 1. The number of rotatable bonds is 6. The van der Waals surface area contributed by atoms with Crippen LogP contribution in [0.15, 0.2) is 24.3 Å². The third-order valence-corrected chi connectivity index (χ3v) is 3.18. The first-order valence-electron chi connectivity index (χ1n) is 6.41. The Hall–Kier alpha value is -1.02. The molecule has 0 aromatic heterocycles. The molecule has 0 atom stereocenters. The molecule has 2 heteroatoms. The minimum Gasteiger partial charge on any atom is -0.369 e. The van der Waals surface area contributed by atoms with Gasteiger partial charge in [-0.05, 0) is 44.0 Å². The van der Waals surface area contributed by atoms with E-state index >= 15 is 0 Å². The Kier molecular flexibility index (Phi) is 3.83. The van der Waals surface area contributed by atoms with Crippen LogP contribution in [0, 0.1) is 0 Å². The van der Waals surface area contributed by atoms with Gasteiger partial charge in [-0.3, -0.25) is 0 Å². The zero-order valence-corrected chi connectivity index (χ0v) is 10.4. The van der Waals surface area contributed by atoms with Gasteiger partial charge in [0.1, 0.15) is 0 Å². The minimum atomic E-state index is 0.810. The molecule has 1 aromatic rings. The summed E-state index contributed by atoms with van der Waals surface area (Å²) in [5.41, 5.74) is 2.75. The maximum absolute atomic E-state index is 3.35. The fourth-order valence-electron chi connectivity index (χ4n) is 2.11. The Labute approximate surface area is 98.7 Å². The van der Waals surface area contributed by atoms with Crippen molar-refractivity contribution in [3.8, 4) is 0 Å². The molecular formula is C14H22N2.